The minimum Gasteiger partial charge on any atom is -0.206 e. The first-order chi connectivity index (χ1) is 12.2. The standard InChI is InChI=1S/C23H18FN/c1-2-3-15-6-9-19-18(12-15)13-22-21(19)11-10-20(23(22)24)17-7-4-16(14-25)5-8-17/h4-12H,2-3,13H2,1H3. The number of aryl methyl sites for hydroxylation is 1. The van der Waals surface area contributed by atoms with Gasteiger partial charge in [0.05, 0.1) is 11.6 Å². The Kier molecular flexibility index (Phi) is 3.86. The van der Waals surface area contributed by atoms with E-state index in [0.717, 1.165) is 35.1 Å². The van der Waals surface area contributed by atoms with Gasteiger partial charge in [0, 0.05) is 17.5 Å². The summed E-state index contributed by atoms with van der Waals surface area (Å²) in [5, 5.41) is 8.92. The molecule has 0 heterocycles. The SMILES string of the molecule is CCCc1ccc2c(c1)Cc1c-2ccc(-c2ccc(C#N)cc2)c1F. The van der Waals surface area contributed by atoms with Crippen molar-refractivity contribution in [3.8, 4) is 28.3 Å². The minimum atomic E-state index is -0.143. The van der Waals surface area contributed by atoms with E-state index < -0.39 is 0 Å². The van der Waals surface area contributed by atoms with Crippen LogP contribution in [-0.2, 0) is 12.8 Å². The van der Waals surface area contributed by atoms with Gasteiger partial charge in [0.25, 0.3) is 0 Å². The van der Waals surface area contributed by atoms with Crippen LogP contribution in [0.1, 0.15) is 35.6 Å². The van der Waals surface area contributed by atoms with Crippen LogP contribution in [0.5, 0.6) is 0 Å². The molecule has 0 saturated carbocycles. The minimum absolute atomic E-state index is 0.143. The molecule has 0 spiro atoms. The maximum atomic E-state index is 15.2. The highest BCUT2D eigenvalue weighted by Gasteiger charge is 2.24. The van der Waals surface area contributed by atoms with Gasteiger partial charge in [-0.2, -0.15) is 5.26 Å². The summed E-state index contributed by atoms with van der Waals surface area (Å²) in [5.74, 6) is -0.143. The molecule has 25 heavy (non-hydrogen) atoms. The first-order valence-electron chi connectivity index (χ1n) is 8.65. The molecule has 3 aromatic rings. The molecule has 4 rings (SSSR count). The molecule has 0 unspecified atom stereocenters. The van der Waals surface area contributed by atoms with Crippen LogP contribution in [0.3, 0.4) is 0 Å². The van der Waals surface area contributed by atoms with Gasteiger partial charge in [0.1, 0.15) is 5.82 Å². The predicted octanol–water partition coefficient (Wildman–Crippen LogP) is 5.89. The molecular weight excluding hydrogens is 309 g/mol. The fourth-order valence-electron chi connectivity index (χ4n) is 3.68. The summed E-state index contributed by atoms with van der Waals surface area (Å²) in [6, 6.07) is 19.6. The summed E-state index contributed by atoms with van der Waals surface area (Å²) < 4.78 is 15.2. The lowest BCUT2D eigenvalue weighted by molar-refractivity contribution is 0.620. The Hall–Kier alpha value is -2.92. The van der Waals surface area contributed by atoms with E-state index in [4.69, 9.17) is 5.26 Å². The monoisotopic (exact) mass is 327 g/mol. The maximum Gasteiger partial charge on any atom is 0.135 e. The third kappa shape index (κ3) is 2.62. The Morgan fingerprint density at radius 2 is 1.68 bits per heavy atom. The molecule has 0 atom stereocenters. The summed E-state index contributed by atoms with van der Waals surface area (Å²) in [6.07, 6.45) is 2.82. The van der Waals surface area contributed by atoms with Gasteiger partial charge in [-0.15, -0.1) is 0 Å². The highest BCUT2D eigenvalue weighted by atomic mass is 19.1. The van der Waals surface area contributed by atoms with Crippen molar-refractivity contribution < 1.29 is 4.39 Å². The number of nitrogens with zero attached hydrogens (tertiary/aromatic N) is 1. The molecule has 1 nitrogen and oxygen atoms in total. The van der Waals surface area contributed by atoms with Crippen LogP contribution in [0.25, 0.3) is 22.3 Å². The van der Waals surface area contributed by atoms with Crippen LogP contribution in [0.15, 0.2) is 54.6 Å². The summed E-state index contributed by atoms with van der Waals surface area (Å²) in [7, 11) is 0. The molecule has 0 saturated heterocycles. The number of hydrogen-bond donors (Lipinski definition) is 0. The van der Waals surface area contributed by atoms with E-state index in [0.29, 0.717) is 17.5 Å². The Morgan fingerprint density at radius 1 is 0.960 bits per heavy atom. The topological polar surface area (TPSA) is 23.8 Å². The average molecular weight is 327 g/mol. The lowest BCUT2D eigenvalue weighted by atomic mass is 9.97. The van der Waals surface area contributed by atoms with Crippen LogP contribution < -0.4 is 0 Å². The van der Waals surface area contributed by atoms with Crippen molar-refractivity contribution in [2.75, 3.05) is 0 Å². The Bertz CT molecular complexity index is 994. The second kappa shape index (κ2) is 6.18. The van der Waals surface area contributed by atoms with Crippen LogP contribution in [0, 0.1) is 17.1 Å². The fraction of sp³-hybridized carbons (Fsp3) is 0.174. The highest BCUT2D eigenvalue weighted by Crippen LogP contribution is 2.41. The first kappa shape index (κ1) is 15.6. The number of hydrogen-bond acceptors (Lipinski definition) is 1. The number of nitriles is 1. The summed E-state index contributed by atoms with van der Waals surface area (Å²) in [4.78, 5) is 0. The number of benzene rings is 3. The Labute approximate surface area is 147 Å². The van der Waals surface area contributed by atoms with E-state index >= 15 is 4.39 Å². The van der Waals surface area contributed by atoms with E-state index in [1.807, 2.05) is 24.3 Å². The molecule has 1 aliphatic rings. The molecule has 3 aromatic carbocycles. The fourth-order valence-corrected chi connectivity index (χ4v) is 3.68. The molecule has 0 radical (unpaired) electrons. The number of rotatable bonds is 3. The van der Waals surface area contributed by atoms with Crippen molar-refractivity contribution in [3.05, 3.63) is 82.7 Å². The quantitative estimate of drug-likeness (QED) is 0.460. The van der Waals surface area contributed by atoms with E-state index in [1.165, 1.54) is 11.1 Å². The van der Waals surface area contributed by atoms with Crippen LogP contribution >= 0.6 is 0 Å². The van der Waals surface area contributed by atoms with Crippen LogP contribution in [0.4, 0.5) is 4.39 Å². The summed E-state index contributed by atoms with van der Waals surface area (Å²) in [5.41, 5.74) is 7.48. The Balaban J connectivity index is 1.76. The lowest BCUT2D eigenvalue weighted by Gasteiger charge is -2.09. The molecule has 0 aliphatic heterocycles. The molecule has 0 aromatic heterocycles. The van der Waals surface area contributed by atoms with Gasteiger partial charge < -0.3 is 0 Å². The number of halogens is 1. The molecule has 122 valence electrons. The van der Waals surface area contributed by atoms with E-state index in [1.54, 1.807) is 12.1 Å². The van der Waals surface area contributed by atoms with Crippen LogP contribution in [-0.4, -0.2) is 0 Å². The van der Waals surface area contributed by atoms with Crippen LogP contribution in [0.2, 0.25) is 0 Å². The molecule has 1 aliphatic carbocycles. The first-order valence-corrected chi connectivity index (χ1v) is 8.65. The van der Waals surface area contributed by atoms with E-state index in [-0.39, 0.29) is 5.82 Å². The zero-order valence-corrected chi connectivity index (χ0v) is 14.1. The van der Waals surface area contributed by atoms with Gasteiger partial charge in [-0.05, 0) is 46.4 Å². The van der Waals surface area contributed by atoms with Gasteiger partial charge in [-0.3, -0.25) is 0 Å². The second-order valence-electron chi connectivity index (χ2n) is 6.56. The van der Waals surface area contributed by atoms with Crippen molar-refractivity contribution in [2.24, 2.45) is 0 Å². The molecule has 2 heteroatoms. The smallest absolute Gasteiger partial charge is 0.135 e. The van der Waals surface area contributed by atoms with Gasteiger partial charge in [-0.25, -0.2) is 4.39 Å². The largest absolute Gasteiger partial charge is 0.206 e. The van der Waals surface area contributed by atoms with E-state index in [2.05, 4.69) is 31.2 Å². The van der Waals surface area contributed by atoms with E-state index in [9.17, 15) is 0 Å². The third-order valence-corrected chi connectivity index (χ3v) is 4.93. The second-order valence-corrected chi connectivity index (χ2v) is 6.56. The predicted molar refractivity (Wildman–Crippen MR) is 98.8 cm³/mol. The normalized spacial score (nSPS) is 11.7. The molecule has 0 fully saturated rings. The van der Waals surface area contributed by atoms with Crippen molar-refractivity contribution in [2.45, 2.75) is 26.2 Å². The molecule has 0 N–H and O–H groups in total. The average Bonchev–Trinajstić information content (AvgIpc) is 3.01. The molecule has 0 bridgehead atoms. The van der Waals surface area contributed by atoms with Crippen molar-refractivity contribution in [1.82, 2.24) is 0 Å². The Morgan fingerprint density at radius 3 is 2.40 bits per heavy atom. The molecule has 0 amide bonds. The zero-order chi connectivity index (χ0) is 17.4. The number of fused-ring (bicyclic) bond motifs is 3. The third-order valence-electron chi connectivity index (χ3n) is 4.93. The van der Waals surface area contributed by atoms with Crippen molar-refractivity contribution >= 4 is 0 Å². The van der Waals surface area contributed by atoms with Gasteiger partial charge in [-0.1, -0.05) is 55.8 Å². The maximum absolute atomic E-state index is 15.2. The summed E-state index contributed by atoms with van der Waals surface area (Å²) in [6.45, 7) is 2.17. The lowest BCUT2D eigenvalue weighted by Crippen LogP contribution is -1.92. The van der Waals surface area contributed by atoms with Gasteiger partial charge in [0.2, 0.25) is 0 Å². The zero-order valence-electron chi connectivity index (χ0n) is 14.1. The van der Waals surface area contributed by atoms with Crippen molar-refractivity contribution in [3.63, 3.8) is 0 Å². The highest BCUT2D eigenvalue weighted by molar-refractivity contribution is 5.81. The van der Waals surface area contributed by atoms with Gasteiger partial charge >= 0.3 is 0 Å². The molecular formula is C23H18FN. The van der Waals surface area contributed by atoms with Gasteiger partial charge in [0.15, 0.2) is 0 Å². The summed E-state index contributed by atoms with van der Waals surface area (Å²) >= 11 is 0. The van der Waals surface area contributed by atoms with Crippen molar-refractivity contribution in [1.29, 1.82) is 5.26 Å².